The number of hydrogen-bond donors (Lipinski definition) is 0. The van der Waals surface area contributed by atoms with Crippen molar-refractivity contribution in [2.45, 2.75) is 13.5 Å². The Labute approximate surface area is 216 Å². The van der Waals surface area contributed by atoms with E-state index in [2.05, 4.69) is 0 Å². The van der Waals surface area contributed by atoms with Crippen LogP contribution in [0.5, 0.6) is 0 Å². The molecule has 0 spiro atoms. The number of aromatic nitrogens is 2. The van der Waals surface area contributed by atoms with Crippen LogP contribution in [0.15, 0.2) is 56.9 Å². The predicted octanol–water partition coefficient (Wildman–Crippen LogP) is 2.97. The number of thiocarbonyl (C=S) groups is 1. The van der Waals surface area contributed by atoms with Crippen molar-refractivity contribution in [1.82, 2.24) is 19.2 Å². The lowest BCUT2D eigenvalue weighted by Crippen LogP contribution is -2.49. The van der Waals surface area contributed by atoms with Crippen molar-refractivity contribution in [3.8, 4) is 0 Å². The first-order valence-corrected chi connectivity index (χ1v) is 12.6. The highest BCUT2D eigenvalue weighted by atomic mass is 32.2. The van der Waals surface area contributed by atoms with Gasteiger partial charge < -0.3 is 19.0 Å². The number of thioether (sulfide) groups is 1. The molecule has 12 heteroatoms. The molecule has 0 N–H and O–H groups in total. The molecule has 2 aliphatic rings. The van der Waals surface area contributed by atoms with Crippen molar-refractivity contribution in [1.29, 1.82) is 0 Å². The van der Waals surface area contributed by atoms with Crippen LogP contribution in [0.2, 0.25) is 0 Å². The third-order valence-corrected chi connectivity index (χ3v) is 7.27. The van der Waals surface area contributed by atoms with Crippen molar-refractivity contribution < 1.29 is 18.7 Å². The van der Waals surface area contributed by atoms with E-state index < -0.39 is 0 Å². The van der Waals surface area contributed by atoms with Crippen molar-refractivity contribution in [2.24, 2.45) is 0 Å². The molecule has 0 saturated carbocycles. The molecule has 186 valence electrons. The first kappa shape index (κ1) is 24.1. The van der Waals surface area contributed by atoms with E-state index in [1.807, 2.05) is 11.0 Å². The largest absolute Gasteiger partial charge is 0.467 e. The number of hydrogen-bond acceptors (Lipinski definition) is 9. The Morgan fingerprint density at radius 3 is 2.72 bits per heavy atom. The van der Waals surface area contributed by atoms with E-state index >= 15 is 0 Å². The number of carbonyl (C=O) groups excluding carboxylic acids is 2. The molecule has 0 atom stereocenters. The second kappa shape index (κ2) is 10.2. The number of pyridine rings is 1. The van der Waals surface area contributed by atoms with E-state index in [9.17, 15) is 14.4 Å². The number of anilines is 1. The van der Waals surface area contributed by atoms with Gasteiger partial charge in [-0.2, -0.15) is 0 Å². The van der Waals surface area contributed by atoms with Gasteiger partial charge in [0.05, 0.1) is 29.9 Å². The molecule has 2 amide bonds. The zero-order chi connectivity index (χ0) is 25.2. The average Bonchev–Trinajstić information content (AvgIpc) is 3.50. The summed E-state index contributed by atoms with van der Waals surface area (Å²) in [4.78, 5) is 49.0. The fraction of sp³-hybridized carbons (Fsp3) is 0.292. The second-order valence-electron chi connectivity index (χ2n) is 8.10. The minimum absolute atomic E-state index is 0.215. The van der Waals surface area contributed by atoms with Gasteiger partial charge in [-0.15, -0.1) is 0 Å². The van der Waals surface area contributed by atoms with Crippen LogP contribution in [0.25, 0.3) is 11.7 Å². The Morgan fingerprint density at radius 2 is 2.00 bits per heavy atom. The summed E-state index contributed by atoms with van der Waals surface area (Å²) in [6.07, 6.45) is 4.40. The summed E-state index contributed by atoms with van der Waals surface area (Å²) in [5.41, 5.74) is 0.495. The number of rotatable bonds is 5. The van der Waals surface area contributed by atoms with Gasteiger partial charge in [-0.3, -0.25) is 18.9 Å². The number of furan rings is 1. The van der Waals surface area contributed by atoms with Gasteiger partial charge in [-0.25, -0.2) is 9.78 Å². The lowest BCUT2D eigenvalue weighted by Gasteiger charge is -2.35. The SMILES string of the molecule is CCOC(=O)N1CCN(c2nc3ccccn3c(=O)c2/C=C2\SC(=S)N(Cc3ccco3)C2=O)CC1. The highest BCUT2D eigenvalue weighted by Gasteiger charge is 2.34. The number of carbonyl (C=O) groups is 2. The number of amides is 2. The monoisotopic (exact) mass is 525 g/mol. The van der Waals surface area contributed by atoms with Crippen molar-refractivity contribution in [3.63, 3.8) is 0 Å². The smallest absolute Gasteiger partial charge is 0.409 e. The molecule has 5 heterocycles. The average molecular weight is 526 g/mol. The highest BCUT2D eigenvalue weighted by Crippen LogP contribution is 2.34. The first-order chi connectivity index (χ1) is 17.5. The van der Waals surface area contributed by atoms with Gasteiger partial charge in [-0.1, -0.05) is 30.0 Å². The Morgan fingerprint density at radius 1 is 1.19 bits per heavy atom. The van der Waals surface area contributed by atoms with E-state index in [-0.39, 0.29) is 24.1 Å². The minimum atomic E-state index is -0.357. The van der Waals surface area contributed by atoms with Crippen LogP contribution >= 0.6 is 24.0 Å². The summed E-state index contributed by atoms with van der Waals surface area (Å²) in [5.74, 6) is 0.781. The number of ether oxygens (including phenoxy) is 1. The summed E-state index contributed by atoms with van der Waals surface area (Å²) in [7, 11) is 0. The third kappa shape index (κ3) is 4.61. The van der Waals surface area contributed by atoms with Crippen LogP contribution in [0.1, 0.15) is 18.2 Å². The minimum Gasteiger partial charge on any atom is -0.467 e. The Balaban J connectivity index is 1.49. The molecule has 5 rings (SSSR count). The number of nitrogens with zero attached hydrogens (tertiary/aromatic N) is 5. The van der Waals surface area contributed by atoms with Crippen molar-refractivity contribution in [3.05, 3.63) is 69.4 Å². The van der Waals surface area contributed by atoms with Gasteiger partial charge in [0.15, 0.2) is 0 Å². The molecular weight excluding hydrogens is 502 g/mol. The van der Waals surface area contributed by atoms with Gasteiger partial charge in [0.1, 0.15) is 21.5 Å². The van der Waals surface area contributed by atoms with E-state index in [0.717, 1.165) is 11.8 Å². The van der Waals surface area contributed by atoms with Gasteiger partial charge in [-0.05, 0) is 37.3 Å². The topological polar surface area (TPSA) is 101 Å². The standard InChI is InChI=1S/C24H23N5O5S2/c1-2-33-23(32)27-11-9-26(10-12-27)20-17(21(30)28-8-4-3-7-19(28)25-20)14-18-22(31)29(24(35)36-18)15-16-6-5-13-34-16/h3-8,13-14H,2,9-12,15H2,1H3/b18-14-. The van der Waals surface area contributed by atoms with Crippen LogP contribution in [0.4, 0.5) is 10.6 Å². The third-order valence-electron chi connectivity index (χ3n) is 5.90. The molecule has 0 bridgehead atoms. The second-order valence-corrected chi connectivity index (χ2v) is 9.78. The fourth-order valence-corrected chi connectivity index (χ4v) is 5.34. The molecule has 0 aliphatic carbocycles. The lowest BCUT2D eigenvalue weighted by molar-refractivity contribution is -0.122. The van der Waals surface area contributed by atoms with Crippen LogP contribution in [-0.2, 0) is 16.1 Å². The van der Waals surface area contributed by atoms with E-state index in [0.29, 0.717) is 64.8 Å². The highest BCUT2D eigenvalue weighted by molar-refractivity contribution is 8.26. The Bertz CT molecular complexity index is 1410. The fourth-order valence-electron chi connectivity index (χ4n) is 4.10. The van der Waals surface area contributed by atoms with Crippen LogP contribution < -0.4 is 10.5 Å². The predicted molar refractivity (Wildman–Crippen MR) is 140 cm³/mol. The zero-order valence-electron chi connectivity index (χ0n) is 19.5. The molecule has 2 saturated heterocycles. The van der Waals surface area contributed by atoms with Crippen LogP contribution in [0, 0.1) is 0 Å². The molecule has 3 aromatic rings. The van der Waals surface area contributed by atoms with Gasteiger partial charge in [0.2, 0.25) is 0 Å². The van der Waals surface area contributed by atoms with Crippen LogP contribution in [-0.4, -0.2) is 68.3 Å². The first-order valence-electron chi connectivity index (χ1n) is 11.4. The Kier molecular flexibility index (Phi) is 6.79. The van der Waals surface area contributed by atoms with Gasteiger partial charge in [0.25, 0.3) is 11.5 Å². The summed E-state index contributed by atoms with van der Waals surface area (Å²) in [5, 5.41) is 0. The van der Waals surface area contributed by atoms with E-state index in [4.69, 9.17) is 26.4 Å². The summed E-state index contributed by atoms with van der Waals surface area (Å²) >= 11 is 6.58. The van der Waals surface area contributed by atoms with E-state index in [1.165, 1.54) is 9.30 Å². The molecule has 0 unspecified atom stereocenters. The normalized spacial score (nSPS) is 17.5. The number of fused-ring (bicyclic) bond motifs is 1. The molecule has 0 aromatic carbocycles. The molecule has 36 heavy (non-hydrogen) atoms. The van der Waals surface area contributed by atoms with Crippen molar-refractivity contribution in [2.75, 3.05) is 37.7 Å². The zero-order valence-corrected chi connectivity index (χ0v) is 21.1. The summed E-state index contributed by atoms with van der Waals surface area (Å²) < 4.78 is 12.3. The molecular formula is C24H23N5O5S2. The maximum absolute atomic E-state index is 13.5. The molecule has 2 aliphatic heterocycles. The lowest BCUT2D eigenvalue weighted by atomic mass is 10.2. The van der Waals surface area contributed by atoms with E-state index in [1.54, 1.807) is 54.6 Å². The number of piperazine rings is 1. The van der Waals surface area contributed by atoms with Crippen molar-refractivity contribution >= 4 is 57.8 Å². The molecule has 3 aromatic heterocycles. The van der Waals surface area contributed by atoms with Gasteiger partial charge in [0, 0.05) is 32.4 Å². The Hall–Kier alpha value is -3.64. The quantitative estimate of drug-likeness (QED) is 0.368. The van der Waals surface area contributed by atoms with Crippen LogP contribution in [0.3, 0.4) is 0 Å². The van der Waals surface area contributed by atoms with Gasteiger partial charge >= 0.3 is 6.09 Å². The molecule has 2 fully saturated rings. The summed E-state index contributed by atoms with van der Waals surface area (Å²) in [6.45, 7) is 4.09. The molecule has 10 nitrogen and oxygen atoms in total. The summed E-state index contributed by atoms with van der Waals surface area (Å²) in [6, 6.07) is 8.84. The maximum Gasteiger partial charge on any atom is 0.409 e. The molecule has 0 radical (unpaired) electrons. The maximum atomic E-state index is 13.5.